The molecule has 0 aromatic heterocycles. The molecule has 4 nitrogen and oxygen atoms in total. The third kappa shape index (κ3) is 17.6. The summed E-state index contributed by atoms with van der Waals surface area (Å²) in [4.78, 5) is 18.8. The molecule has 0 aliphatic rings. The number of carbonyl (C=O) groups is 2. The van der Waals surface area contributed by atoms with Gasteiger partial charge in [0.15, 0.2) is 0 Å². The van der Waals surface area contributed by atoms with Crippen molar-refractivity contribution >= 4 is 11.9 Å². The molecule has 0 saturated carbocycles. The molecule has 0 radical (unpaired) electrons. The van der Waals surface area contributed by atoms with Crippen LogP contribution in [0.3, 0.4) is 0 Å². The van der Waals surface area contributed by atoms with Crippen molar-refractivity contribution in [2.45, 2.75) is 27.2 Å². The second kappa shape index (κ2) is 7.05. The first-order valence-electron chi connectivity index (χ1n) is 3.32. The molecule has 0 fully saturated rings. The van der Waals surface area contributed by atoms with Gasteiger partial charge >= 0.3 is 0 Å². The van der Waals surface area contributed by atoms with Gasteiger partial charge in [-0.1, -0.05) is 20.8 Å². The van der Waals surface area contributed by atoms with E-state index in [4.69, 9.17) is 0 Å². The Morgan fingerprint density at radius 2 is 1.45 bits per heavy atom. The van der Waals surface area contributed by atoms with Gasteiger partial charge in [0.05, 0.1) is 0 Å². The van der Waals surface area contributed by atoms with Crippen LogP contribution in [0.2, 0.25) is 0 Å². The highest BCUT2D eigenvalue weighted by Crippen LogP contribution is 1.83. The SMILES string of the molecule is CC(C)C(=O)[O-].CCC(=O)[O-]. The van der Waals surface area contributed by atoms with Crippen molar-refractivity contribution in [1.82, 2.24) is 0 Å². The summed E-state index contributed by atoms with van der Waals surface area (Å²) in [7, 11) is 0. The van der Waals surface area contributed by atoms with Crippen LogP contribution < -0.4 is 10.2 Å². The maximum absolute atomic E-state index is 9.59. The number of carbonyl (C=O) groups excluding carboxylic acids is 2. The van der Waals surface area contributed by atoms with Gasteiger partial charge < -0.3 is 19.8 Å². The van der Waals surface area contributed by atoms with Crippen LogP contribution in [0, 0.1) is 5.92 Å². The normalized spacial score (nSPS) is 8.36. The summed E-state index contributed by atoms with van der Waals surface area (Å²) in [6.07, 6.45) is 0.111. The van der Waals surface area contributed by atoms with Crippen molar-refractivity contribution in [2.24, 2.45) is 5.92 Å². The van der Waals surface area contributed by atoms with E-state index in [9.17, 15) is 19.8 Å². The number of hydrogen-bond acceptors (Lipinski definition) is 4. The highest BCUT2D eigenvalue weighted by atomic mass is 16.4. The Kier molecular flexibility index (Phi) is 8.08. The fourth-order valence-corrected chi connectivity index (χ4v) is 0. The van der Waals surface area contributed by atoms with E-state index in [-0.39, 0.29) is 12.3 Å². The first kappa shape index (κ1) is 12.6. The van der Waals surface area contributed by atoms with Crippen molar-refractivity contribution in [3.8, 4) is 0 Å². The molecule has 0 spiro atoms. The third-order valence-corrected chi connectivity index (χ3v) is 0.760. The highest BCUT2D eigenvalue weighted by Gasteiger charge is 1.87. The maximum atomic E-state index is 9.59. The molecule has 0 atom stereocenters. The molecule has 0 aliphatic carbocycles. The van der Waals surface area contributed by atoms with Crippen LogP contribution in [-0.2, 0) is 9.59 Å². The van der Waals surface area contributed by atoms with E-state index >= 15 is 0 Å². The number of rotatable bonds is 2. The highest BCUT2D eigenvalue weighted by molar-refractivity contribution is 5.66. The molecule has 0 unspecified atom stereocenters. The molecule has 66 valence electrons. The van der Waals surface area contributed by atoms with Crippen LogP contribution >= 0.6 is 0 Å². The van der Waals surface area contributed by atoms with Gasteiger partial charge in [-0.25, -0.2) is 0 Å². The zero-order valence-electron chi connectivity index (χ0n) is 6.92. The third-order valence-electron chi connectivity index (χ3n) is 0.760. The predicted octanol–water partition coefficient (Wildman–Crippen LogP) is -1.46. The zero-order chi connectivity index (χ0) is 9.44. The van der Waals surface area contributed by atoms with E-state index in [1.54, 1.807) is 13.8 Å². The Morgan fingerprint density at radius 1 is 1.27 bits per heavy atom. The van der Waals surface area contributed by atoms with Crippen LogP contribution in [0.4, 0.5) is 0 Å². The maximum Gasteiger partial charge on any atom is 0.0439 e. The molecule has 4 heteroatoms. The molecule has 0 saturated heterocycles. The lowest BCUT2D eigenvalue weighted by Crippen LogP contribution is -2.27. The number of hydrogen-bond donors (Lipinski definition) is 0. The molecule has 0 aromatic carbocycles. The lowest BCUT2D eigenvalue weighted by Gasteiger charge is -2.01. The quantitative estimate of drug-likeness (QED) is 0.494. The molecule has 0 bridgehead atoms. The summed E-state index contributed by atoms with van der Waals surface area (Å²) in [5, 5.41) is 18.8. The molecule has 0 heterocycles. The molecule has 0 aromatic rings. The summed E-state index contributed by atoms with van der Waals surface area (Å²) in [5.41, 5.74) is 0. The van der Waals surface area contributed by atoms with Gasteiger partial charge in [-0.05, 0) is 12.3 Å². The van der Waals surface area contributed by atoms with Crippen molar-refractivity contribution in [3.63, 3.8) is 0 Å². The fourth-order valence-electron chi connectivity index (χ4n) is 0. The van der Waals surface area contributed by atoms with E-state index in [2.05, 4.69) is 0 Å². The summed E-state index contributed by atoms with van der Waals surface area (Å²) in [6.45, 7) is 4.69. The molecular weight excluding hydrogens is 148 g/mol. The van der Waals surface area contributed by atoms with Gasteiger partial charge in [0.2, 0.25) is 0 Å². The lowest BCUT2D eigenvalue weighted by molar-refractivity contribution is -0.310. The first-order valence-corrected chi connectivity index (χ1v) is 3.32. The molecule has 0 N–H and O–H groups in total. The predicted molar refractivity (Wildman–Crippen MR) is 35.1 cm³/mol. The van der Waals surface area contributed by atoms with E-state index in [0.717, 1.165) is 0 Å². The Labute approximate surface area is 65.8 Å². The Bertz CT molecular complexity index is 128. The van der Waals surface area contributed by atoms with Gasteiger partial charge in [0, 0.05) is 11.9 Å². The second-order valence-electron chi connectivity index (χ2n) is 2.20. The molecular formula is C7H12O4-2. The van der Waals surface area contributed by atoms with Crippen molar-refractivity contribution < 1.29 is 19.8 Å². The van der Waals surface area contributed by atoms with Gasteiger partial charge in [-0.15, -0.1) is 0 Å². The van der Waals surface area contributed by atoms with E-state index in [1.807, 2.05) is 0 Å². The summed E-state index contributed by atoms with van der Waals surface area (Å²) in [6, 6.07) is 0. The van der Waals surface area contributed by atoms with Crippen LogP contribution in [-0.4, -0.2) is 11.9 Å². The Balaban J connectivity index is 0. The van der Waals surface area contributed by atoms with Crippen LogP contribution in [0.25, 0.3) is 0 Å². The monoisotopic (exact) mass is 160 g/mol. The minimum atomic E-state index is -0.995. The number of carboxylic acids is 2. The molecule has 0 rings (SSSR count). The minimum Gasteiger partial charge on any atom is -0.550 e. The standard InChI is InChI=1S/C4H8O2.C3H6O2/c1-3(2)4(5)6;1-2-3(4)5/h3H,1-2H3,(H,5,6);2H2,1H3,(H,4,5)/p-2. The van der Waals surface area contributed by atoms with Gasteiger partial charge in [0.25, 0.3) is 0 Å². The fraction of sp³-hybridized carbons (Fsp3) is 0.714. The van der Waals surface area contributed by atoms with E-state index in [0.29, 0.717) is 0 Å². The number of carboxylic acid groups (broad SMARTS) is 2. The van der Waals surface area contributed by atoms with Crippen molar-refractivity contribution in [3.05, 3.63) is 0 Å². The molecule has 0 aliphatic heterocycles. The van der Waals surface area contributed by atoms with Gasteiger partial charge in [-0.2, -0.15) is 0 Å². The number of aliphatic carboxylic acids is 2. The summed E-state index contributed by atoms with van der Waals surface area (Å²) < 4.78 is 0. The van der Waals surface area contributed by atoms with Crippen LogP contribution in [0.15, 0.2) is 0 Å². The van der Waals surface area contributed by atoms with Crippen LogP contribution in [0.5, 0.6) is 0 Å². The molecule has 11 heavy (non-hydrogen) atoms. The zero-order valence-corrected chi connectivity index (χ0v) is 6.92. The van der Waals surface area contributed by atoms with Gasteiger partial charge in [0.1, 0.15) is 0 Å². The average molecular weight is 160 g/mol. The Hall–Kier alpha value is -1.06. The second-order valence-corrected chi connectivity index (χ2v) is 2.20. The minimum absolute atomic E-state index is 0.111. The molecule has 0 amide bonds. The van der Waals surface area contributed by atoms with Crippen molar-refractivity contribution in [1.29, 1.82) is 0 Å². The summed E-state index contributed by atoms with van der Waals surface area (Å²) >= 11 is 0. The Morgan fingerprint density at radius 3 is 1.45 bits per heavy atom. The van der Waals surface area contributed by atoms with E-state index in [1.165, 1.54) is 6.92 Å². The lowest BCUT2D eigenvalue weighted by atomic mass is 10.2. The average Bonchev–Trinajstić information content (AvgIpc) is 1.89. The largest absolute Gasteiger partial charge is 0.550 e. The van der Waals surface area contributed by atoms with Crippen LogP contribution in [0.1, 0.15) is 27.2 Å². The van der Waals surface area contributed by atoms with Gasteiger partial charge in [-0.3, -0.25) is 0 Å². The summed E-state index contributed by atoms with van der Waals surface area (Å²) in [5.74, 6) is -2.33. The smallest absolute Gasteiger partial charge is 0.0439 e. The first-order chi connectivity index (χ1) is 4.91. The van der Waals surface area contributed by atoms with Crippen molar-refractivity contribution in [2.75, 3.05) is 0 Å². The van der Waals surface area contributed by atoms with E-state index < -0.39 is 11.9 Å². The topological polar surface area (TPSA) is 80.3 Å².